The van der Waals surface area contributed by atoms with Gasteiger partial charge in [0.25, 0.3) is 0 Å². The van der Waals surface area contributed by atoms with Crippen molar-refractivity contribution in [3.8, 4) is 11.5 Å². The third-order valence-corrected chi connectivity index (χ3v) is 4.10. The first-order chi connectivity index (χ1) is 14.1. The van der Waals surface area contributed by atoms with Gasteiger partial charge in [-0.3, -0.25) is 9.59 Å². The largest absolute Gasteiger partial charge is 0.507 e. The van der Waals surface area contributed by atoms with Crippen LogP contribution in [0.1, 0.15) is 24.0 Å². The highest BCUT2D eigenvalue weighted by atomic mass is 35.5. The van der Waals surface area contributed by atoms with Crippen molar-refractivity contribution in [2.45, 2.75) is 19.0 Å². The van der Waals surface area contributed by atoms with Crippen molar-refractivity contribution in [3.05, 3.63) is 52.5 Å². The van der Waals surface area contributed by atoms with E-state index in [1.165, 1.54) is 25.5 Å². The first-order valence-electron chi connectivity index (χ1n) is 8.45. The monoisotopic (exact) mass is 443 g/mol. The lowest BCUT2D eigenvalue weighted by molar-refractivity contribution is -0.137. The van der Waals surface area contributed by atoms with Crippen molar-refractivity contribution in [3.63, 3.8) is 0 Å². The summed E-state index contributed by atoms with van der Waals surface area (Å²) in [5, 5.41) is 15.6. The number of hydrogen-bond acceptors (Lipinski definition) is 5. The van der Waals surface area contributed by atoms with Gasteiger partial charge in [-0.15, -0.1) is 0 Å². The van der Waals surface area contributed by atoms with E-state index in [0.29, 0.717) is 17.4 Å². The predicted octanol–water partition coefficient (Wildman–Crippen LogP) is 3.94. The van der Waals surface area contributed by atoms with Crippen LogP contribution in [-0.2, 0) is 15.8 Å². The van der Waals surface area contributed by atoms with Gasteiger partial charge in [0.15, 0.2) is 0 Å². The quantitative estimate of drug-likeness (QED) is 0.445. The average Bonchev–Trinajstić information content (AvgIpc) is 2.68. The minimum absolute atomic E-state index is 0.0662. The highest BCUT2D eigenvalue weighted by molar-refractivity contribution is 6.33. The molecule has 2 aromatic carbocycles. The number of benzene rings is 2. The number of rotatable bonds is 7. The number of amides is 2. The van der Waals surface area contributed by atoms with Crippen LogP contribution in [0.4, 0.5) is 18.9 Å². The van der Waals surface area contributed by atoms with Gasteiger partial charge in [0.2, 0.25) is 11.8 Å². The lowest BCUT2D eigenvalue weighted by Crippen LogP contribution is -2.21. The second-order valence-corrected chi connectivity index (χ2v) is 6.37. The van der Waals surface area contributed by atoms with E-state index in [1.807, 2.05) is 0 Å². The molecule has 3 N–H and O–H groups in total. The predicted molar refractivity (Wildman–Crippen MR) is 105 cm³/mol. The van der Waals surface area contributed by atoms with Crippen molar-refractivity contribution >= 4 is 35.3 Å². The van der Waals surface area contributed by atoms with E-state index in [-0.39, 0.29) is 29.3 Å². The zero-order valence-corrected chi connectivity index (χ0v) is 16.3. The number of methoxy groups -OCH3 is 1. The molecule has 0 radical (unpaired) electrons. The second-order valence-electron chi connectivity index (χ2n) is 5.96. The molecular formula is C19H17ClF3N3O4. The van der Waals surface area contributed by atoms with Crippen molar-refractivity contribution in [2.24, 2.45) is 5.10 Å². The van der Waals surface area contributed by atoms with Crippen molar-refractivity contribution in [2.75, 3.05) is 12.4 Å². The van der Waals surface area contributed by atoms with E-state index in [0.717, 1.165) is 12.1 Å². The number of aromatic hydroxyl groups is 1. The molecule has 0 spiro atoms. The molecule has 0 aliphatic rings. The van der Waals surface area contributed by atoms with E-state index in [9.17, 15) is 27.9 Å². The highest BCUT2D eigenvalue weighted by Crippen LogP contribution is 2.33. The number of hydrogen-bond donors (Lipinski definition) is 3. The van der Waals surface area contributed by atoms with Gasteiger partial charge in [-0.1, -0.05) is 11.6 Å². The van der Waals surface area contributed by atoms with Crippen LogP contribution in [0.15, 0.2) is 41.5 Å². The van der Waals surface area contributed by atoms with E-state index >= 15 is 0 Å². The molecule has 2 rings (SSSR count). The van der Waals surface area contributed by atoms with Crippen LogP contribution >= 0.6 is 11.6 Å². The van der Waals surface area contributed by atoms with Gasteiger partial charge in [-0.05, 0) is 36.4 Å². The fraction of sp³-hybridized carbons (Fsp3) is 0.211. The number of alkyl halides is 3. The van der Waals surface area contributed by atoms with Crippen LogP contribution in [0.2, 0.25) is 5.02 Å². The Morgan fingerprint density at radius 2 is 1.87 bits per heavy atom. The Morgan fingerprint density at radius 1 is 1.17 bits per heavy atom. The Bertz CT molecular complexity index is 965. The van der Waals surface area contributed by atoms with E-state index in [1.54, 1.807) is 6.07 Å². The molecule has 0 fully saturated rings. The normalized spacial score (nSPS) is 11.4. The molecule has 0 saturated carbocycles. The maximum absolute atomic E-state index is 12.8. The molecule has 30 heavy (non-hydrogen) atoms. The molecule has 0 aliphatic carbocycles. The second kappa shape index (κ2) is 9.97. The van der Waals surface area contributed by atoms with Gasteiger partial charge in [-0.2, -0.15) is 18.3 Å². The van der Waals surface area contributed by atoms with Gasteiger partial charge >= 0.3 is 6.18 Å². The molecule has 2 aromatic rings. The van der Waals surface area contributed by atoms with Gasteiger partial charge in [0.05, 0.1) is 29.6 Å². The molecule has 11 heteroatoms. The van der Waals surface area contributed by atoms with Crippen molar-refractivity contribution < 1.29 is 32.6 Å². The molecule has 0 aromatic heterocycles. The number of phenols is 1. The Kier molecular flexibility index (Phi) is 7.65. The molecule has 0 saturated heterocycles. The maximum Gasteiger partial charge on any atom is 0.416 e. The minimum atomic E-state index is -4.58. The summed E-state index contributed by atoms with van der Waals surface area (Å²) in [6.45, 7) is 0. The number of halogens is 4. The number of nitrogens with one attached hydrogen (secondary N) is 2. The number of ether oxygens (including phenoxy) is 1. The standard InChI is InChI=1S/C19H17ClF3N3O4/c1-30-13-3-5-16(27)11(8-13)10-24-26-18(29)7-6-17(28)25-15-9-12(19(21,22)23)2-4-14(15)20/h2-5,8-10,27H,6-7H2,1H3,(H,25,28)(H,26,29)/b24-10-. The average molecular weight is 444 g/mol. The molecular weight excluding hydrogens is 427 g/mol. The van der Waals surface area contributed by atoms with Crippen LogP contribution in [-0.4, -0.2) is 30.2 Å². The van der Waals surface area contributed by atoms with Gasteiger partial charge in [0.1, 0.15) is 11.5 Å². The molecule has 160 valence electrons. The van der Waals surface area contributed by atoms with Crippen molar-refractivity contribution in [1.82, 2.24) is 5.43 Å². The SMILES string of the molecule is COc1ccc(O)c(/C=N\NC(=O)CCC(=O)Nc2cc(C(F)(F)F)ccc2Cl)c1. The fourth-order valence-electron chi connectivity index (χ4n) is 2.23. The number of nitrogens with zero attached hydrogens (tertiary/aromatic N) is 1. The molecule has 0 unspecified atom stereocenters. The smallest absolute Gasteiger partial charge is 0.416 e. The summed E-state index contributed by atoms with van der Waals surface area (Å²) < 4.78 is 43.3. The summed E-state index contributed by atoms with van der Waals surface area (Å²) in [6.07, 6.45) is -3.97. The third kappa shape index (κ3) is 6.66. The number of anilines is 1. The topological polar surface area (TPSA) is 100 Å². The number of carbonyl (C=O) groups is 2. The summed E-state index contributed by atoms with van der Waals surface area (Å²) in [6, 6.07) is 6.97. The first kappa shape index (κ1) is 23.0. The fourth-order valence-corrected chi connectivity index (χ4v) is 2.39. The Labute approximate surface area is 174 Å². The maximum atomic E-state index is 12.8. The number of phenolic OH excluding ortho intramolecular Hbond substituents is 1. The molecule has 0 atom stereocenters. The molecule has 7 nitrogen and oxygen atoms in total. The van der Waals surface area contributed by atoms with E-state index in [4.69, 9.17) is 16.3 Å². The summed E-state index contributed by atoms with van der Waals surface area (Å²) in [7, 11) is 1.45. The lowest BCUT2D eigenvalue weighted by Gasteiger charge is -2.11. The zero-order valence-electron chi connectivity index (χ0n) is 15.6. The minimum Gasteiger partial charge on any atom is -0.507 e. The molecule has 0 heterocycles. The van der Waals surface area contributed by atoms with Crippen LogP contribution in [0.25, 0.3) is 0 Å². The Morgan fingerprint density at radius 3 is 2.53 bits per heavy atom. The lowest BCUT2D eigenvalue weighted by atomic mass is 10.2. The Hall–Kier alpha value is -3.27. The number of hydrazone groups is 1. The third-order valence-electron chi connectivity index (χ3n) is 3.77. The van der Waals surface area contributed by atoms with Crippen LogP contribution < -0.4 is 15.5 Å². The molecule has 2 amide bonds. The highest BCUT2D eigenvalue weighted by Gasteiger charge is 2.31. The first-order valence-corrected chi connectivity index (χ1v) is 8.83. The summed E-state index contributed by atoms with van der Waals surface area (Å²) >= 11 is 5.80. The summed E-state index contributed by atoms with van der Waals surface area (Å²) in [4.78, 5) is 23.7. The van der Waals surface area contributed by atoms with Gasteiger partial charge in [0, 0.05) is 18.4 Å². The number of carbonyl (C=O) groups excluding carboxylic acids is 2. The molecule has 0 bridgehead atoms. The van der Waals surface area contributed by atoms with Crippen LogP contribution in [0.3, 0.4) is 0 Å². The van der Waals surface area contributed by atoms with Gasteiger partial charge < -0.3 is 15.2 Å². The van der Waals surface area contributed by atoms with Crippen LogP contribution in [0, 0.1) is 0 Å². The summed E-state index contributed by atoms with van der Waals surface area (Å²) in [5.74, 6) is -0.906. The Balaban J connectivity index is 1.87. The van der Waals surface area contributed by atoms with Gasteiger partial charge in [-0.25, -0.2) is 5.43 Å². The van der Waals surface area contributed by atoms with E-state index < -0.39 is 23.6 Å². The van der Waals surface area contributed by atoms with Crippen molar-refractivity contribution in [1.29, 1.82) is 0 Å². The van der Waals surface area contributed by atoms with E-state index in [2.05, 4.69) is 15.8 Å². The van der Waals surface area contributed by atoms with Crippen LogP contribution in [0.5, 0.6) is 11.5 Å². The summed E-state index contributed by atoms with van der Waals surface area (Å²) in [5.41, 5.74) is 1.31. The molecule has 0 aliphatic heterocycles. The zero-order chi connectivity index (χ0) is 22.3.